The molecule has 1 aliphatic carbocycles. The number of aryl methyl sites for hydroxylation is 2. The highest BCUT2D eigenvalue weighted by molar-refractivity contribution is 6.14. The fraction of sp³-hybridized carbons (Fsp3) is 0.481. The molecule has 0 radical (unpaired) electrons. The molecule has 2 amide bonds. The van der Waals surface area contributed by atoms with Crippen molar-refractivity contribution in [1.29, 1.82) is 0 Å². The molecule has 33 heavy (non-hydrogen) atoms. The topological polar surface area (TPSA) is 67.5 Å². The first-order valence-corrected chi connectivity index (χ1v) is 12.2. The Balaban J connectivity index is 1.58. The van der Waals surface area contributed by atoms with Crippen molar-refractivity contribution in [3.05, 3.63) is 53.4 Å². The summed E-state index contributed by atoms with van der Waals surface area (Å²) in [6.07, 6.45) is 9.64. The number of carbonyl (C=O) groups excluding carboxylic acids is 2. The van der Waals surface area contributed by atoms with Gasteiger partial charge in [0.25, 0.3) is 5.91 Å². The fourth-order valence-electron chi connectivity index (χ4n) is 5.49. The van der Waals surface area contributed by atoms with Crippen LogP contribution in [0.2, 0.25) is 0 Å². The Labute approximate surface area is 194 Å². The molecule has 1 saturated carbocycles. The van der Waals surface area contributed by atoms with E-state index in [1.54, 1.807) is 17.2 Å². The summed E-state index contributed by atoms with van der Waals surface area (Å²) in [5.74, 6) is -0.255. The van der Waals surface area contributed by atoms with Crippen LogP contribution in [0.15, 0.2) is 41.0 Å². The van der Waals surface area contributed by atoms with E-state index < -0.39 is 5.54 Å². The van der Waals surface area contributed by atoms with Gasteiger partial charge >= 0.3 is 0 Å². The summed E-state index contributed by atoms with van der Waals surface area (Å²) in [6, 6.07) is 9.89. The first kappa shape index (κ1) is 21.8. The van der Waals surface area contributed by atoms with Gasteiger partial charge in [-0.15, -0.1) is 0 Å². The van der Waals surface area contributed by atoms with Crippen molar-refractivity contribution in [3.63, 3.8) is 0 Å². The molecule has 5 rings (SSSR count). The summed E-state index contributed by atoms with van der Waals surface area (Å²) in [6.45, 7) is 6.29. The first-order chi connectivity index (χ1) is 15.9. The van der Waals surface area contributed by atoms with Gasteiger partial charge in [-0.1, -0.05) is 44.2 Å². The molecular formula is C27H33N3O3. The summed E-state index contributed by atoms with van der Waals surface area (Å²) < 4.78 is 7.53. The van der Waals surface area contributed by atoms with Gasteiger partial charge in [0.05, 0.1) is 18.3 Å². The number of nitrogens with zero attached hydrogens (tertiary/aromatic N) is 2. The van der Waals surface area contributed by atoms with Crippen LogP contribution in [0.25, 0.3) is 11.1 Å². The minimum atomic E-state index is -1.06. The first-order valence-electron chi connectivity index (χ1n) is 12.2. The second kappa shape index (κ2) is 8.40. The van der Waals surface area contributed by atoms with Crippen molar-refractivity contribution in [2.24, 2.45) is 0 Å². The molecule has 0 bridgehead atoms. The van der Waals surface area contributed by atoms with Crippen molar-refractivity contribution >= 4 is 28.6 Å². The lowest BCUT2D eigenvalue weighted by Crippen LogP contribution is -2.65. The second-order valence-corrected chi connectivity index (χ2v) is 10.0. The second-order valence-electron chi connectivity index (χ2n) is 10.0. The smallest absolute Gasteiger partial charge is 0.276 e. The Morgan fingerprint density at radius 1 is 1.06 bits per heavy atom. The maximum atomic E-state index is 14.0. The third-order valence-electron chi connectivity index (χ3n) is 7.44. The van der Waals surface area contributed by atoms with Gasteiger partial charge in [-0.2, -0.15) is 0 Å². The van der Waals surface area contributed by atoms with Gasteiger partial charge in [-0.3, -0.25) is 14.5 Å². The maximum Gasteiger partial charge on any atom is 0.276 e. The van der Waals surface area contributed by atoms with Crippen LogP contribution in [-0.2, 0) is 11.3 Å². The standard InChI is InChI=1S/C27H33N3O3/c1-18-11-12-19(2)22(15-18)30-25(31)23-16-24-21(13-14-33-24)29(23)17-27(30,3)26(32)28-20-9-7-5-4-6-8-10-20/h11-16,20H,4-10,17H2,1-3H3,(H,28,32)/t27-/m1/s1. The predicted molar refractivity (Wildman–Crippen MR) is 130 cm³/mol. The number of anilines is 1. The summed E-state index contributed by atoms with van der Waals surface area (Å²) >= 11 is 0. The lowest BCUT2D eigenvalue weighted by molar-refractivity contribution is -0.127. The molecule has 3 aromatic rings. The number of nitrogens with one attached hydrogen (secondary N) is 1. The Hall–Kier alpha value is -3.02. The number of benzene rings is 1. The minimum absolute atomic E-state index is 0.0849. The zero-order chi connectivity index (χ0) is 23.2. The van der Waals surface area contributed by atoms with Crippen LogP contribution >= 0.6 is 0 Å². The zero-order valence-electron chi connectivity index (χ0n) is 19.8. The van der Waals surface area contributed by atoms with Gasteiger partial charge in [-0.05, 0) is 50.8 Å². The highest BCUT2D eigenvalue weighted by Crippen LogP contribution is 2.38. The molecule has 174 valence electrons. The maximum absolute atomic E-state index is 14.0. The Morgan fingerprint density at radius 2 is 1.79 bits per heavy atom. The van der Waals surface area contributed by atoms with Crippen molar-refractivity contribution in [2.45, 2.75) is 83.8 Å². The molecule has 0 saturated heterocycles. The van der Waals surface area contributed by atoms with Crippen LogP contribution in [-0.4, -0.2) is 28.0 Å². The summed E-state index contributed by atoms with van der Waals surface area (Å²) in [7, 11) is 0. The van der Waals surface area contributed by atoms with E-state index in [-0.39, 0.29) is 17.9 Å². The number of carbonyl (C=O) groups is 2. The van der Waals surface area contributed by atoms with Crippen molar-refractivity contribution in [1.82, 2.24) is 9.88 Å². The van der Waals surface area contributed by atoms with Crippen LogP contribution in [0.5, 0.6) is 0 Å². The average molecular weight is 448 g/mol. The van der Waals surface area contributed by atoms with Crippen molar-refractivity contribution in [3.8, 4) is 0 Å². The minimum Gasteiger partial charge on any atom is -0.463 e. The highest BCUT2D eigenvalue weighted by atomic mass is 16.3. The largest absolute Gasteiger partial charge is 0.463 e. The SMILES string of the molecule is Cc1ccc(C)c(N2C(=O)c3cc4occc4n3C[C@]2(C)C(=O)NC2CCCCCCC2)c1. The molecule has 1 N–H and O–H groups in total. The number of furan rings is 1. The monoisotopic (exact) mass is 447 g/mol. The van der Waals surface area contributed by atoms with Crippen LogP contribution in [0.1, 0.15) is 73.5 Å². The third kappa shape index (κ3) is 3.75. The molecule has 3 heterocycles. The molecule has 0 spiro atoms. The zero-order valence-corrected chi connectivity index (χ0v) is 19.8. The van der Waals surface area contributed by atoms with Crippen LogP contribution < -0.4 is 10.2 Å². The van der Waals surface area contributed by atoms with Gasteiger partial charge in [-0.25, -0.2) is 0 Å². The lowest BCUT2D eigenvalue weighted by atomic mass is 9.90. The average Bonchev–Trinajstić information content (AvgIpc) is 3.35. The van der Waals surface area contributed by atoms with Gasteiger partial charge in [0.2, 0.25) is 5.91 Å². The fourth-order valence-corrected chi connectivity index (χ4v) is 5.49. The van der Waals surface area contributed by atoms with E-state index in [4.69, 9.17) is 4.42 Å². The number of aromatic nitrogens is 1. The Bertz CT molecular complexity index is 1200. The molecular weight excluding hydrogens is 414 g/mol. The molecule has 2 aliphatic rings. The van der Waals surface area contributed by atoms with E-state index in [1.807, 2.05) is 49.6 Å². The number of hydrogen-bond donors (Lipinski definition) is 1. The molecule has 6 nitrogen and oxygen atoms in total. The lowest BCUT2D eigenvalue weighted by Gasteiger charge is -2.45. The Morgan fingerprint density at radius 3 is 2.55 bits per heavy atom. The van der Waals surface area contributed by atoms with E-state index in [0.717, 1.165) is 48.0 Å². The van der Waals surface area contributed by atoms with Gasteiger partial charge in [0.1, 0.15) is 11.2 Å². The summed E-state index contributed by atoms with van der Waals surface area (Å²) in [5.41, 5.74) is 3.84. The molecule has 2 aromatic heterocycles. The molecule has 6 heteroatoms. The van der Waals surface area contributed by atoms with Crippen LogP contribution in [0, 0.1) is 13.8 Å². The van der Waals surface area contributed by atoms with E-state index in [1.165, 1.54) is 19.3 Å². The molecule has 1 fully saturated rings. The Kier molecular flexibility index (Phi) is 5.55. The van der Waals surface area contributed by atoms with Gasteiger partial charge in [0, 0.05) is 23.9 Å². The molecule has 1 aliphatic heterocycles. The van der Waals surface area contributed by atoms with E-state index in [9.17, 15) is 9.59 Å². The molecule has 1 aromatic carbocycles. The number of amides is 2. The normalized spacial score (nSPS) is 22.2. The van der Waals surface area contributed by atoms with Crippen molar-refractivity contribution < 1.29 is 14.0 Å². The molecule has 1 atom stereocenters. The predicted octanol–water partition coefficient (Wildman–Crippen LogP) is 5.50. The van der Waals surface area contributed by atoms with E-state index in [2.05, 4.69) is 5.32 Å². The molecule has 0 unspecified atom stereocenters. The van der Waals surface area contributed by atoms with E-state index >= 15 is 0 Å². The van der Waals surface area contributed by atoms with Crippen molar-refractivity contribution in [2.75, 3.05) is 4.90 Å². The van der Waals surface area contributed by atoms with E-state index in [0.29, 0.717) is 17.8 Å². The van der Waals surface area contributed by atoms with Crippen LogP contribution in [0.3, 0.4) is 0 Å². The third-order valence-corrected chi connectivity index (χ3v) is 7.44. The van der Waals surface area contributed by atoms with Crippen LogP contribution in [0.4, 0.5) is 5.69 Å². The number of hydrogen-bond acceptors (Lipinski definition) is 3. The van der Waals surface area contributed by atoms with Gasteiger partial charge in [0.15, 0.2) is 5.58 Å². The van der Waals surface area contributed by atoms with Gasteiger partial charge < -0.3 is 14.3 Å². The quantitative estimate of drug-likeness (QED) is 0.576. The summed E-state index contributed by atoms with van der Waals surface area (Å²) in [4.78, 5) is 29.6. The number of rotatable bonds is 3. The summed E-state index contributed by atoms with van der Waals surface area (Å²) in [5, 5.41) is 3.35. The number of fused-ring (bicyclic) bond motifs is 3. The highest BCUT2D eigenvalue weighted by Gasteiger charge is 2.49.